The van der Waals surface area contributed by atoms with Crippen molar-refractivity contribution in [1.82, 2.24) is 4.90 Å². The Balaban J connectivity index is 0. The molecule has 1 nitrogen and oxygen atoms in total. The zero-order valence-corrected chi connectivity index (χ0v) is 23.9. The van der Waals surface area contributed by atoms with E-state index in [4.69, 9.17) is 0 Å². The standard InChI is InChI=1S/C30H63N.ClH/c1-5-7-9-11-13-15-16-17-18-19-21-23-25-27-29-30(31(3)4)28-26-24-22-20-14-12-10-8-6-2;/h30H,5-29H2,1-4H3;1H. The van der Waals surface area contributed by atoms with Crippen LogP contribution in [0.3, 0.4) is 0 Å². The summed E-state index contributed by atoms with van der Waals surface area (Å²) < 4.78 is 0. The summed E-state index contributed by atoms with van der Waals surface area (Å²) in [4.78, 5) is 2.49. The lowest BCUT2D eigenvalue weighted by atomic mass is 9.99. The molecule has 0 aliphatic rings. The van der Waals surface area contributed by atoms with Crippen LogP contribution in [0.25, 0.3) is 0 Å². The Morgan fingerprint density at radius 2 is 0.594 bits per heavy atom. The van der Waals surface area contributed by atoms with E-state index in [1.165, 1.54) is 161 Å². The zero-order chi connectivity index (χ0) is 22.8. The monoisotopic (exact) mass is 473 g/mol. The summed E-state index contributed by atoms with van der Waals surface area (Å²) in [5, 5.41) is 0. The third-order valence-electron chi connectivity index (χ3n) is 7.26. The number of unbranched alkanes of at least 4 members (excludes halogenated alkanes) is 21. The molecule has 1 unspecified atom stereocenters. The van der Waals surface area contributed by atoms with Crippen LogP contribution in [-0.4, -0.2) is 25.0 Å². The molecule has 0 saturated heterocycles. The first-order valence-electron chi connectivity index (χ1n) is 14.9. The van der Waals surface area contributed by atoms with E-state index in [-0.39, 0.29) is 12.4 Å². The minimum absolute atomic E-state index is 0. The first-order chi connectivity index (χ1) is 15.2. The topological polar surface area (TPSA) is 3.24 Å². The van der Waals surface area contributed by atoms with E-state index in [1.54, 1.807) is 0 Å². The Bertz CT molecular complexity index is 318. The number of nitrogens with zero attached hydrogens (tertiary/aromatic N) is 1. The molecule has 1 atom stereocenters. The van der Waals surface area contributed by atoms with Gasteiger partial charge < -0.3 is 4.90 Å². The van der Waals surface area contributed by atoms with Crippen molar-refractivity contribution in [3.05, 3.63) is 0 Å². The predicted molar refractivity (Wildman–Crippen MR) is 151 cm³/mol. The van der Waals surface area contributed by atoms with Gasteiger partial charge in [-0.05, 0) is 26.9 Å². The third-order valence-corrected chi connectivity index (χ3v) is 7.26. The van der Waals surface area contributed by atoms with Crippen molar-refractivity contribution in [3.63, 3.8) is 0 Å². The summed E-state index contributed by atoms with van der Waals surface area (Å²) in [5.74, 6) is 0. The Morgan fingerprint density at radius 1 is 0.375 bits per heavy atom. The van der Waals surface area contributed by atoms with Gasteiger partial charge in [-0.25, -0.2) is 0 Å². The highest BCUT2D eigenvalue weighted by atomic mass is 35.5. The van der Waals surface area contributed by atoms with Crippen LogP contribution in [0.2, 0.25) is 0 Å². The van der Waals surface area contributed by atoms with Crippen LogP contribution >= 0.6 is 12.4 Å². The van der Waals surface area contributed by atoms with E-state index in [9.17, 15) is 0 Å². The minimum atomic E-state index is 0. The van der Waals surface area contributed by atoms with Crippen LogP contribution in [0.1, 0.15) is 174 Å². The Kier molecular flexibility index (Phi) is 31.5. The molecule has 0 aliphatic carbocycles. The average molecular weight is 474 g/mol. The Morgan fingerprint density at radius 3 is 0.812 bits per heavy atom. The van der Waals surface area contributed by atoms with Crippen molar-refractivity contribution < 1.29 is 0 Å². The number of hydrogen-bond donors (Lipinski definition) is 0. The third kappa shape index (κ3) is 26.5. The van der Waals surface area contributed by atoms with Crippen LogP contribution in [0.4, 0.5) is 0 Å². The maximum absolute atomic E-state index is 2.49. The van der Waals surface area contributed by atoms with Gasteiger partial charge in [0.15, 0.2) is 0 Å². The highest BCUT2D eigenvalue weighted by Crippen LogP contribution is 2.18. The van der Waals surface area contributed by atoms with E-state index >= 15 is 0 Å². The predicted octanol–water partition coefficient (Wildman–Crippen LogP) is 11.1. The van der Waals surface area contributed by atoms with E-state index < -0.39 is 0 Å². The van der Waals surface area contributed by atoms with Gasteiger partial charge in [-0.3, -0.25) is 0 Å². The second-order valence-corrected chi connectivity index (χ2v) is 10.6. The highest BCUT2D eigenvalue weighted by molar-refractivity contribution is 5.85. The fourth-order valence-electron chi connectivity index (χ4n) is 4.93. The quantitative estimate of drug-likeness (QED) is 0.113. The molecule has 0 amide bonds. The number of halogens is 1. The molecule has 0 rings (SSSR count). The van der Waals surface area contributed by atoms with Gasteiger partial charge in [0, 0.05) is 6.04 Å². The molecule has 0 N–H and O–H groups in total. The first kappa shape index (κ1) is 34.4. The largest absolute Gasteiger partial charge is 0.306 e. The highest BCUT2D eigenvalue weighted by Gasteiger charge is 2.10. The van der Waals surface area contributed by atoms with Crippen molar-refractivity contribution in [2.24, 2.45) is 0 Å². The summed E-state index contributed by atoms with van der Waals surface area (Å²) in [6, 6.07) is 0.821. The summed E-state index contributed by atoms with van der Waals surface area (Å²) in [6.45, 7) is 4.61. The lowest BCUT2D eigenvalue weighted by Crippen LogP contribution is -2.27. The van der Waals surface area contributed by atoms with Gasteiger partial charge in [-0.1, -0.05) is 162 Å². The molecule has 0 saturated carbocycles. The molecule has 0 spiro atoms. The van der Waals surface area contributed by atoms with Gasteiger partial charge in [0.1, 0.15) is 0 Å². The summed E-state index contributed by atoms with van der Waals surface area (Å²) in [7, 11) is 4.59. The lowest BCUT2D eigenvalue weighted by molar-refractivity contribution is 0.251. The summed E-state index contributed by atoms with van der Waals surface area (Å²) in [6.07, 6.45) is 36.3. The minimum Gasteiger partial charge on any atom is -0.306 e. The van der Waals surface area contributed by atoms with Crippen LogP contribution < -0.4 is 0 Å². The first-order valence-corrected chi connectivity index (χ1v) is 14.9. The fourth-order valence-corrected chi connectivity index (χ4v) is 4.93. The van der Waals surface area contributed by atoms with Crippen LogP contribution in [0, 0.1) is 0 Å². The van der Waals surface area contributed by atoms with Crippen molar-refractivity contribution >= 4 is 12.4 Å². The van der Waals surface area contributed by atoms with Gasteiger partial charge in [0.05, 0.1) is 0 Å². The Labute approximate surface area is 211 Å². The molecule has 0 aliphatic heterocycles. The van der Waals surface area contributed by atoms with Gasteiger partial charge in [0.25, 0.3) is 0 Å². The number of rotatable bonds is 26. The fraction of sp³-hybridized carbons (Fsp3) is 1.00. The molecule has 32 heavy (non-hydrogen) atoms. The molecule has 0 heterocycles. The smallest absolute Gasteiger partial charge is 0.00891 e. The summed E-state index contributed by atoms with van der Waals surface area (Å²) >= 11 is 0. The Hall–Kier alpha value is 0.250. The molecule has 0 radical (unpaired) electrons. The summed E-state index contributed by atoms with van der Waals surface area (Å²) in [5.41, 5.74) is 0. The lowest BCUT2D eigenvalue weighted by Gasteiger charge is -2.24. The van der Waals surface area contributed by atoms with Crippen LogP contribution in [-0.2, 0) is 0 Å². The maximum atomic E-state index is 2.49. The molecule has 2 heteroatoms. The van der Waals surface area contributed by atoms with Gasteiger partial charge >= 0.3 is 0 Å². The molecule has 196 valence electrons. The molecular formula is C30H64ClN. The normalized spacial score (nSPS) is 12.3. The maximum Gasteiger partial charge on any atom is 0.00891 e. The molecule has 0 aromatic rings. The van der Waals surface area contributed by atoms with E-state index in [1.807, 2.05) is 0 Å². The molecule has 0 aromatic carbocycles. The second-order valence-electron chi connectivity index (χ2n) is 10.6. The van der Waals surface area contributed by atoms with Crippen LogP contribution in [0.15, 0.2) is 0 Å². The van der Waals surface area contributed by atoms with Crippen molar-refractivity contribution in [3.8, 4) is 0 Å². The van der Waals surface area contributed by atoms with E-state index in [0.717, 1.165) is 6.04 Å². The van der Waals surface area contributed by atoms with E-state index in [2.05, 4.69) is 32.8 Å². The van der Waals surface area contributed by atoms with Gasteiger partial charge in [-0.15, -0.1) is 12.4 Å². The van der Waals surface area contributed by atoms with Gasteiger partial charge in [0.2, 0.25) is 0 Å². The second kappa shape index (κ2) is 29.3. The number of hydrogen-bond acceptors (Lipinski definition) is 1. The average Bonchev–Trinajstić information content (AvgIpc) is 2.76. The molecule has 0 aromatic heterocycles. The van der Waals surface area contributed by atoms with Crippen molar-refractivity contribution in [2.45, 2.75) is 180 Å². The van der Waals surface area contributed by atoms with Crippen molar-refractivity contribution in [2.75, 3.05) is 14.1 Å². The zero-order valence-electron chi connectivity index (χ0n) is 23.1. The SMILES string of the molecule is CCCCCCCCCCCCCCCCC(CCCCCCCCCCC)N(C)C.Cl. The molecule has 0 fully saturated rings. The molecular weight excluding hydrogens is 410 g/mol. The van der Waals surface area contributed by atoms with E-state index in [0.29, 0.717) is 0 Å². The molecule has 0 bridgehead atoms. The van der Waals surface area contributed by atoms with Crippen molar-refractivity contribution in [1.29, 1.82) is 0 Å². The van der Waals surface area contributed by atoms with Crippen LogP contribution in [0.5, 0.6) is 0 Å². The van der Waals surface area contributed by atoms with Gasteiger partial charge in [-0.2, -0.15) is 0 Å².